The van der Waals surface area contributed by atoms with E-state index in [1.54, 1.807) is 6.20 Å². The Morgan fingerprint density at radius 2 is 2.00 bits per heavy atom. The van der Waals surface area contributed by atoms with E-state index >= 15 is 0 Å². The van der Waals surface area contributed by atoms with Crippen LogP contribution in [-0.2, 0) is 0 Å². The number of nitrogen functional groups attached to an aromatic ring is 1. The van der Waals surface area contributed by atoms with Gasteiger partial charge in [0.1, 0.15) is 0 Å². The molecule has 3 rings (SSSR count). The first-order chi connectivity index (χ1) is 8.31. The smallest absolute Gasteiger partial charge is 0.0719 e. The number of likely N-dealkylation sites (tertiary alicyclic amines) is 1. The summed E-state index contributed by atoms with van der Waals surface area (Å²) in [6.07, 6.45) is 10.5. The minimum Gasteiger partial charge on any atom is -0.396 e. The van der Waals surface area contributed by atoms with Crippen molar-refractivity contribution in [2.45, 2.75) is 38.1 Å². The van der Waals surface area contributed by atoms with Crippen LogP contribution in [0, 0.1) is 5.92 Å². The van der Waals surface area contributed by atoms with Crippen LogP contribution in [0.2, 0.25) is 0 Å². The molecule has 1 saturated carbocycles. The van der Waals surface area contributed by atoms with E-state index in [0.717, 1.165) is 11.6 Å². The molecule has 94 valence electrons. The van der Waals surface area contributed by atoms with Crippen molar-refractivity contribution in [2.24, 2.45) is 5.92 Å². The summed E-state index contributed by atoms with van der Waals surface area (Å²) in [5.41, 5.74) is 6.49. The Bertz CT molecular complexity index is 361. The van der Waals surface area contributed by atoms with Gasteiger partial charge in [0.2, 0.25) is 0 Å². The van der Waals surface area contributed by atoms with Crippen molar-refractivity contribution in [3.63, 3.8) is 0 Å². The minimum absolute atomic E-state index is 0.560. The van der Waals surface area contributed by atoms with Crippen LogP contribution in [0.25, 0.3) is 0 Å². The molecule has 4 nitrogen and oxygen atoms in total. The Balaban J connectivity index is 1.49. The van der Waals surface area contributed by atoms with Gasteiger partial charge in [-0.3, -0.25) is 4.68 Å². The van der Waals surface area contributed by atoms with Crippen molar-refractivity contribution < 1.29 is 0 Å². The number of nitrogens with zero attached hydrogens (tertiary/aromatic N) is 3. The Kier molecular flexibility index (Phi) is 3.05. The second-order valence-corrected chi connectivity index (χ2v) is 5.58. The summed E-state index contributed by atoms with van der Waals surface area (Å²) >= 11 is 0. The Labute approximate surface area is 103 Å². The first-order valence-electron chi connectivity index (χ1n) is 6.83. The van der Waals surface area contributed by atoms with Crippen molar-refractivity contribution >= 4 is 5.69 Å². The molecular weight excluding hydrogens is 212 g/mol. The average Bonchev–Trinajstić information content (AvgIpc) is 2.71. The highest BCUT2D eigenvalue weighted by atomic mass is 15.3. The number of piperidine rings is 1. The quantitative estimate of drug-likeness (QED) is 0.869. The second-order valence-electron chi connectivity index (χ2n) is 5.58. The maximum Gasteiger partial charge on any atom is 0.0719 e. The molecule has 17 heavy (non-hydrogen) atoms. The number of hydrogen-bond donors (Lipinski definition) is 1. The number of rotatable bonds is 3. The summed E-state index contributed by atoms with van der Waals surface area (Å²) in [5, 5.41) is 4.33. The van der Waals surface area contributed by atoms with E-state index < -0.39 is 0 Å². The summed E-state index contributed by atoms with van der Waals surface area (Å²) in [4.78, 5) is 2.63. The van der Waals surface area contributed by atoms with E-state index in [1.165, 1.54) is 51.7 Å². The van der Waals surface area contributed by atoms with Gasteiger partial charge >= 0.3 is 0 Å². The molecule has 0 aromatic carbocycles. The lowest BCUT2D eigenvalue weighted by molar-refractivity contribution is 0.130. The van der Waals surface area contributed by atoms with Gasteiger partial charge < -0.3 is 10.6 Å². The van der Waals surface area contributed by atoms with Crippen molar-refractivity contribution in [2.75, 3.05) is 25.4 Å². The van der Waals surface area contributed by atoms with Crippen LogP contribution in [0.1, 0.15) is 38.1 Å². The average molecular weight is 234 g/mol. The highest BCUT2D eigenvalue weighted by Gasteiger charge is 2.25. The number of anilines is 1. The van der Waals surface area contributed by atoms with Crippen molar-refractivity contribution in [3.05, 3.63) is 12.4 Å². The fraction of sp³-hybridized carbons (Fsp3) is 0.769. The Morgan fingerprint density at radius 1 is 1.24 bits per heavy atom. The van der Waals surface area contributed by atoms with E-state index in [0.29, 0.717) is 6.04 Å². The van der Waals surface area contributed by atoms with Crippen LogP contribution < -0.4 is 5.73 Å². The number of hydrogen-bond acceptors (Lipinski definition) is 3. The molecule has 0 atom stereocenters. The maximum atomic E-state index is 5.71. The van der Waals surface area contributed by atoms with Crippen LogP contribution in [0.4, 0.5) is 5.69 Å². The summed E-state index contributed by atoms with van der Waals surface area (Å²) in [5.74, 6) is 0.992. The van der Waals surface area contributed by atoms with E-state index in [4.69, 9.17) is 5.73 Å². The zero-order valence-electron chi connectivity index (χ0n) is 10.4. The van der Waals surface area contributed by atoms with Crippen LogP contribution in [-0.4, -0.2) is 34.3 Å². The third kappa shape index (κ3) is 2.46. The molecule has 4 heteroatoms. The van der Waals surface area contributed by atoms with Gasteiger partial charge in [-0.15, -0.1) is 0 Å². The highest BCUT2D eigenvalue weighted by Crippen LogP contribution is 2.29. The zero-order chi connectivity index (χ0) is 11.7. The molecule has 0 amide bonds. The van der Waals surface area contributed by atoms with Crippen molar-refractivity contribution in [3.8, 4) is 0 Å². The minimum atomic E-state index is 0.560. The maximum absolute atomic E-state index is 5.71. The highest BCUT2D eigenvalue weighted by molar-refractivity contribution is 5.30. The van der Waals surface area contributed by atoms with Crippen LogP contribution in [0.3, 0.4) is 0 Å². The summed E-state index contributed by atoms with van der Waals surface area (Å²) < 4.78 is 2.05. The Hall–Kier alpha value is -1.03. The van der Waals surface area contributed by atoms with Gasteiger partial charge in [0, 0.05) is 25.8 Å². The van der Waals surface area contributed by atoms with E-state index in [1.807, 2.05) is 6.20 Å². The SMILES string of the molecule is Nc1cnn(C2CCN(CC3CCC3)CC2)c1. The summed E-state index contributed by atoms with van der Waals surface area (Å²) in [7, 11) is 0. The van der Waals surface area contributed by atoms with E-state index in [2.05, 4.69) is 14.7 Å². The molecule has 1 saturated heterocycles. The first-order valence-corrected chi connectivity index (χ1v) is 6.83. The lowest BCUT2D eigenvalue weighted by Gasteiger charge is -2.36. The molecule has 1 aliphatic heterocycles. The van der Waals surface area contributed by atoms with Crippen LogP contribution >= 0.6 is 0 Å². The van der Waals surface area contributed by atoms with Crippen molar-refractivity contribution in [1.29, 1.82) is 0 Å². The standard InChI is InChI=1S/C13H22N4/c14-12-8-15-17(10-12)13-4-6-16(7-5-13)9-11-2-1-3-11/h8,10-11,13H,1-7,9,14H2. The normalized spacial score (nSPS) is 23.8. The predicted octanol–water partition coefficient (Wildman–Crippen LogP) is 1.90. The molecule has 0 radical (unpaired) electrons. The van der Waals surface area contributed by atoms with Crippen LogP contribution in [0.15, 0.2) is 12.4 Å². The first kappa shape index (κ1) is 11.1. The van der Waals surface area contributed by atoms with Gasteiger partial charge in [-0.2, -0.15) is 5.10 Å². The predicted molar refractivity (Wildman–Crippen MR) is 68.7 cm³/mol. The van der Waals surface area contributed by atoms with E-state index in [9.17, 15) is 0 Å². The number of nitrogens with two attached hydrogens (primary N) is 1. The molecule has 2 fully saturated rings. The zero-order valence-corrected chi connectivity index (χ0v) is 10.4. The third-order valence-electron chi connectivity index (χ3n) is 4.29. The van der Waals surface area contributed by atoms with E-state index in [-0.39, 0.29) is 0 Å². The molecule has 0 bridgehead atoms. The lowest BCUT2D eigenvalue weighted by Crippen LogP contribution is -2.39. The molecule has 2 N–H and O–H groups in total. The lowest BCUT2D eigenvalue weighted by atomic mass is 9.84. The topological polar surface area (TPSA) is 47.1 Å². The van der Waals surface area contributed by atoms with Gasteiger partial charge in [-0.05, 0) is 31.6 Å². The molecule has 2 heterocycles. The van der Waals surface area contributed by atoms with Crippen LogP contribution in [0.5, 0.6) is 0 Å². The summed E-state index contributed by atoms with van der Waals surface area (Å²) in [6, 6.07) is 0.560. The monoisotopic (exact) mass is 234 g/mol. The van der Waals surface area contributed by atoms with Gasteiger partial charge in [0.05, 0.1) is 17.9 Å². The van der Waals surface area contributed by atoms with Gasteiger partial charge in [-0.1, -0.05) is 6.42 Å². The molecule has 0 unspecified atom stereocenters. The second kappa shape index (κ2) is 4.69. The molecule has 1 aromatic heterocycles. The molecule has 0 spiro atoms. The van der Waals surface area contributed by atoms with Gasteiger partial charge in [-0.25, -0.2) is 0 Å². The molecule has 1 aliphatic carbocycles. The van der Waals surface area contributed by atoms with Gasteiger partial charge in [0.15, 0.2) is 0 Å². The largest absolute Gasteiger partial charge is 0.396 e. The van der Waals surface area contributed by atoms with Gasteiger partial charge in [0.25, 0.3) is 0 Å². The van der Waals surface area contributed by atoms with Crippen molar-refractivity contribution in [1.82, 2.24) is 14.7 Å². The Morgan fingerprint density at radius 3 is 2.53 bits per heavy atom. The number of aromatic nitrogens is 2. The summed E-state index contributed by atoms with van der Waals surface area (Å²) in [6.45, 7) is 3.77. The molecular formula is C13H22N4. The fourth-order valence-electron chi connectivity index (χ4n) is 2.96. The molecule has 1 aromatic rings. The molecule has 2 aliphatic rings. The third-order valence-corrected chi connectivity index (χ3v) is 4.29. The fourth-order valence-corrected chi connectivity index (χ4v) is 2.96.